The Morgan fingerprint density at radius 2 is 2.08 bits per heavy atom. The van der Waals surface area contributed by atoms with Crippen molar-refractivity contribution in [1.82, 2.24) is 5.43 Å². The van der Waals surface area contributed by atoms with Crippen LogP contribution in [0.1, 0.15) is 5.56 Å². The molecule has 0 saturated heterocycles. The zero-order valence-electron chi connectivity index (χ0n) is 7.07. The third kappa shape index (κ3) is 4.05. The molecule has 0 heterocycles. The monoisotopic (exact) mass is 242 g/mol. The van der Waals surface area contributed by atoms with E-state index in [0.717, 1.165) is 10.0 Å². The van der Waals surface area contributed by atoms with Crippen LogP contribution in [0.3, 0.4) is 0 Å². The number of nitrogens with zero attached hydrogens (tertiary/aromatic N) is 1. The predicted molar refractivity (Wildman–Crippen MR) is 56.8 cm³/mol. The van der Waals surface area contributed by atoms with E-state index >= 15 is 0 Å². The quantitative estimate of drug-likeness (QED) is 0.476. The molecule has 0 saturated carbocycles. The molecule has 2 N–H and O–H groups in total. The number of hydrogen-bond acceptors (Lipinski definition) is 3. The van der Waals surface area contributed by atoms with E-state index in [1.54, 1.807) is 6.21 Å². The predicted octanol–water partition coefficient (Wildman–Crippen LogP) is 1.36. The summed E-state index contributed by atoms with van der Waals surface area (Å²) >= 11 is 3.35. The van der Waals surface area contributed by atoms with Gasteiger partial charge in [-0.25, -0.2) is 0 Å². The average molecular weight is 243 g/mol. The molecule has 0 amide bonds. The molecule has 0 unspecified atom stereocenters. The van der Waals surface area contributed by atoms with E-state index in [2.05, 4.69) is 26.5 Å². The number of hydrazone groups is 1. The number of aliphatic hydroxyl groups is 1. The minimum absolute atomic E-state index is 0.0949. The first kappa shape index (κ1) is 10.2. The first-order valence-electron chi connectivity index (χ1n) is 3.95. The van der Waals surface area contributed by atoms with Gasteiger partial charge in [-0.15, -0.1) is 0 Å². The Labute approximate surface area is 85.6 Å². The lowest BCUT2D eigenvalue weighted by Gasteiger charge is -1.95. The van der Waals surface area contributed by atoms with Crippen molar-refractivity contribution in [3.63, 3.8) is 0 Å². The molecule has 1 aromatic rings. The summed E-state index contributed by atoms with van der Waals surface area (Å²) in [6.07, 6.45) is 1.71. The maximum Gasteiger partial charge on any atom is 0.0620 e. The second kappa shape index (κ2) is 5.72. The first-order valence-corrected chi connectivity index (χ1v) is 4.74. The van der Waals surface area contributed by atoms with E-state index in [-0.39, 0.29) is 6.61 Å². The molecule has 0 spiro atoms. The van der Waals surface area contributed by atoms with E-state index in [4.69, 9.17) is 5.11 Å². The Hall–Kier alpha value is -0.870. The van der Waals surface area contributed by atoms with Crippen molar-refractivity contribution in [2.24, 2.45) is 5.10 Å². The van der Waals surface area contributed by atoms with Gasteiger partial charge in [0, 0.05) is 4.47 Å². The molecule has 1 aromatic carbocycles. The second-order valence-corrected chi connectivity index (χ2v) is 3.36. The molecule has 4 heteroatoms. The smallest absolute Gasteiger partial charge is 0.0620 e. The van der Waals surface area contributed by atoms with Gasteiger partial charge in [-0.05, 0) is 17.7 Å². The van der Waals surface area contributed by atoms with Crippen LogP contribution in [-0.2, 0) is 0 Å². The van der Waals surface area contributed by atoms with Crippen molar-refractivity contribution in [3.8, 4) is 0 Å². The van der Waals surface area contributed by atoms with Crippen LogP contribution in [0.5, 0.6) is 0 Å². The fraction of sp³-hybridized carbons (Fsp3) is 0.222. The lowest BCUT2D eigenvalue weighted by atomic mass is 10.2. The van der Waals surface area contributed by atoms with Crippen LogP contribution in [0, 0.1) is 0 Å². The van der Waals surface area contributed by atoms with Crippen LogP contribution in [0.4, 0.5) is 0 Å². The van der Waals surface area contributed by atoms with Gasteiger partial charge in [0.2, 0.25) is 0 Å². The minimum Gasteiger partial charge on any atom is -0.394 e. The molecule has 0 aromatic heterocycles. The minimum atomic E-state index is 0.0949. The van der Waals surface area contributed by atoms with Gasteiger partial charge >= 0.3 is 0 Å². The topological polar surface area (TPSA) is 44.6 Å². The maximum absolute atomic E-state index is 8.46. The normalized spacial score (nSPS) is 10.6. The highest BCUT2D eigenvalue weighted by atomic mass is 79.9. The van der Waals surface area contributed by atoms with Crippen molar-refractivity contribution >= 4 is 22.1 Å². The summed E-state index contributed by atoms with van der Waals surface area (Å²) in [5, 5.41) is 12.4. The van der Waals surface area contributed by atoms with Crippen LogP contribution >= 0.6 is 15.9 Å². The third-order valence-corrected chi connectivity index (χ3v) is 1.93. The highest BCUT2D eigenvalue weighted by Crippen LogP contribution is 2.08. The largest absolute Gasteiger partial charge is 0.394 e. The number of aliphatic hydroxyl groups excluding tert-OH is 1. The zero-order chi connectivity index (χ0) is 9.52. The SMILES string of the molecule is OCCN/N=C/c1ccc(Br)cc1. The number of nitrogens with one attached hydrogen (secondary N) is 1. The summed E-state index contributed by atoms with van der Waals surface area (Å²) in [6, 6.07) is 7.81. The number of benzene rings is 1. The van der Waals surface area contributed by atoms with Crippen LogP contribution in [-0.4, -0.2) is 24.5 Å². The molecular formula is C9H11BrN2O. The Morgan fingerprint density at radius 3 is 2.69 bits per heavy atom. The Kier molecular flexibility index (Phi) is 4.49. The van der Waals surface area contributed by atoms with Gasteiger partial charge in [0.25, 0.3) is 0 Å². The van der Waals surface area contributed by atoms with E-state index in [9.17, 15) is 0 Å². The van der Waals surface area contributed by atoms with Gasteiger partial charge < -0.3 is 10.5 Å². The van der Waals surface area contributed by atoms with Gasteiger partial charge in [-0.1, -0.05) is 28.1 Å². The average Bonchev–Trinajstić information content (AvgIpc) is 2.15. The van der Waals surface area contributed by atoms with Gasteiger partial charge in [0.15, 0.2) is 0 Å². The van der Waals surface area contributed by atoms with E-state index in [0.29, 0.717) is 6.54 Å². The summed E-state index contributed by atoms with van der Waals surface area (Å²) in [5.74, 6) is 0. The molecule has 0 aliphatic carbocycles. The van der Waals surface area contributed by atoms with E-state index in [1.165, 1.54) is 0 Å². The molecule has 0 aliphatic heterocycles. The van der Waals surface area contributed by atoms with Gasteiger partial charge in [-0.3, -0.25) is 0 Å². The van der Waals surface area contributed by atoms with Crippen LogP contribution in [0.25, 0.3) is 0 Å². The van der Waals surface area contributed by atoms with Crippen molar-refractivity contribution in [2.45, 2.75) is 0 Å². The Bertz CT molecular complexity index is 271. The molecule has 70 valence electrons. The summed E-state index contributed by atoms with van der Waals surface area (Å²) in [6.45, 7) is 0.574. The lowest BCUT2D eigenvalue weighted by Crippen LogP contribution is -2.11. The summed E-state index contributed by atoms with van der Waals surface area (Å²) in [5.41, 5.74) is 3.73. The van der Waals surface area contributed by atoms with Crippen molar-refractivity contribution in [1.29, 1.82) is 0 Å². The van der Waals surface area contributed by atoms with Crippen molar-refractivity contribution in [3.05, 3.63) is 34.3 Å². The maximum atomic E-state index is 8.46. The molecule has 0 radical (unpaired) electrons. The van der Waals surface area contributed by atoms with Crippen LogP contribution < -0.4 is 5.43 Å². The fourth-order valence-electron chi connectivity index (χ4n) is 0.784. The number of rotatable bonds is 4. The number of hydrogen-bond donors (Lipinski definition) is 2. The molecule has 0 atom stereocenters. The second-order valence-electron chi connectivity index (χ2n) is 2.44. The highest BCUT2D eigenvalue weighted by molar-refractivity contribution is 9.10. The first-order chi connectivity index (χ1) is 6.33. The van der Waals surface area contributed by atoms with Crippen LogP contribution in [0.15, 0.2) is 33.8 Å². The van der Waals surface area contributed by atoms with Gasteiger partial charge in [-0.2, -0.15) is 5.10 Å². The summed E-state index contributed by atoms with van der Waals surface area (Å²) in [7, 11) is 0. The number of halogens is 1. The zero-order valence-corrected chi connectivity index (χ0v) is 8.66. The summed E-state index contributed by atoms with van der Waals surface area (Å²) < 4.78 is 1.05. The molecule has 0 fully saturated rings. The van der Waals surface area contributed by atoms with Crippen LogP contribution in [0.2, 0.25) is 0 Å². The molecule has 0 bridgehead atoms. The van der Waals surface area contributed by atoms with Gasteiger partial charge in [0.05, 0.1) is 19.4 Å². The summed E-state index contributed by atoms with van der Waals surface area (Å²) in [4.78, 5) is 0. The highest BCUT2D eigenvalue weighted by Gasteiger charge is 1.87. The molecule has 3 nitrogen and oxygen atoms in total. The molecule has 1 rings (SSSR count). The van der Waals surface area contributed by atoms with E-state index < -0.39 is 0 Å². The van der Waals surface area contributed by atoms with E-state index in [1.807, 2.05) is 24.3 Å². The third-order valence-electron chi connectivity index (χ3n) is 1.40. The van der Waals surface area contributed by atoms with Crippen molar-refractivity contribution in [2.75, 3.05) is 13.2 Å². The van der Waals surface area contributed by atoms with Gasteiger partial charge in [0.1, 0.15) is 0 Å². The Balaban J connectivity index is 2.44. The molecule has 0 aliphatic rings. The fourth-order valence-corrected chi connectivity index (χ4v) is 1.05. The van der Waals surface area contributed by atoms with Crippen molar-refractivity contribution < 1.29 is 5.11 Å². The molecule has 13 heavy (non-hydrogen) atoms. The Morgan fingerprint density at radius 1 is 1.38 bits per heavy atom. The molecular weight excluding hydrogens is 232 g/mol. The lowest BCUT2D eigenvalue weighted by molar-refractivity contribution is 0.294. The standard InChI is InChI=1S/C9H11BrN2O/c10-9-3-1-8(2-4-9)7-12-11-5-6-13/h1-4,7,11,13H,5-6H2/b12-7+.